The van der Waals surface area contributed by atoms with Crippen molar-refractivity contribution in [1.82, 2.24) is 15.3 Å². The van der Waals surface area contributed by atoms with Crippen LogP contribution >= 0.6 is 0 Å². The molecule has 0 bridgehead atoms. The first-order valence-electron chi connectivity index (χ1n) is 8.17. The van der Waals surface area contributed by atoms with Crippen LogP contribution in [0.1, 0.15) is 5.56 Å². The Morgan fingerprint density at radius 2 is 2.33 bits per heavy atom. The lowest BCUT2D eigenvalue weighted by molar-refractivity contribution is 0.261. The van der Waals surface area contributed by atoms with Crippen LogP contribution in [0.4, 0.5) is 6.01 Å². The molecule has 0 amide bonds. The van der Waals surface area contributed by atoms with Gasteiger partial charge in [-0.1, -0.05) is 6.07 Å². The van der Waals surface area contributed by atoms with Crippen molar-refractivity contribution in [3.8, 4) is 5.75 Å². The number of nitrogens with one attached hydrogen (secondary N) is 1. The van der Waals surface area contributed by atoms with Crippen molar-refractivity contribution in [1.29, 1.82) is 0 Å². The number of oxazole rings is 1. The van der Waals surface area contributed by atoms with Gasteiger partial charge in [-0.05, 0) is 36.8 Å². The number of rotatable bonds is 4. The van der Waals surface area contributed by atoms with Crippen LogP contribution in [0, 0.1) is 6.92 Å². The van der Waals surface area contributed by atoms with Gasteiger partial charge >= 0.3 is 0 Å². The fraction of sp³-hybridized carbons (Fsp3) is 0.333. The number of benzene rings is 1. The van der Waals surface area contributed by atoms with E-state index in [-0.39, 0.29) is 6.04 Å². The molecule has 3 heterocycles. The summed E-state index contributed by atoms with van der Waals surface area (Å²) in [5.74, 6) is 0.774. The summed E-state index contributed by atoms with van der Waals surface area (Å²) >= 11 is 0. The lowest BCUT2D eigenvalue weighted by atomic mass is 10.2. The average Bonchev–Trinajstić information content (AvgIpc) is 3.04. The third-order valence-corrected chi connectivity index (χ3v) is 4.21. The standard InChI is InChI=1S/C18H20N4O2/c1-13-4-5-16-17(9-13)24-18(21-16)22-8-7-20-10-14(22)12-23-15-3-2-6-19-11-15/h2-6,9,11,14,20H,7-8,10,12H2,1H3/t14-/m0/s1. The zero-order valence-corrected chi connectivity index (χ0v) is 13.6. The summed E-state index contributed by atoms with van der Waals surface area (Å²) in [6.07, 6.45) is 3.46. The average molecular weight is 324 g/mol. The number of aromatic nitrogens is 2. The molecule has 0 radical (unpaired) electrons. The maximum absolute atomic E-state index is 5.99. The maximum Gasteiger partial charge on any atom is 0.298 e. The first-order valence-corrected chi connectivity index (χ1v) is 8.17. The van der Waals surface area contributed by atoms with Crippen LogP contribution in [-0.4, -0.2) is 42.3 Å². The number of fused-ring (bicyclic) bond motifs is 1. The van der Waals surface area contributed by atoms with Crippen molar-refractivity contribution in [2.45, 2.75) is 13.0 Å². The van der Waals surface area contributed by atoms with Crippen molar-refractivity contribution < 1.29 is 9.15 Å². The monoisotopic (exact) mass is 324 g/mol. The molecule has 1 saturated heterocycles. The highest BCUT2D eigenvalue weighted by molar-refractivity contribution is 5.75. The molecule has 124 valence electrons. The minimum atomic E-state index is 0.160. The maximum atomic E-state index is 5.99. The second-order valence-corrected chi connectivity index (χ2v) is 6.02. The van der Waals surface area contributed by atoms with Gasteiger partial charge in [0.25, 0.3) is 6.01 Å². The summed E-state index contributed by atoms with van der Waals surface area (Å²) in [7, 11) is 0. The smallest absolute Gasteiger partial charge is 0.298 e. The first kappa shape index (κ1) is 15.0. The largest absolute Gasteiger partial charge is 0.490 e. The van der Waals surface area contributed by atoms with Gasteiger partial charge in [0, 0.05) is 25.8 Å². The molecule has 1 fully saturated rings. The molecule has 0 saturated carbocycles. The minimum Gasteiger partial charge on any atom is -0.490 e. The van der Waals surface area contributed by atoms with Crippen molar-refractivity contribution in [2.24, 2.45) is 0 Å². The van der Waals surface area contributed by atoms with E-state index in [1.54, 1.807) is 12.4 Å². The van der Waals surface area contributed by atoms with E-state index in [0.717, 1.165) is 36.5 Å². The fourth-order valence-electron chi connectivity index (χ4n) is 2.93. The van der Waals surface area contributed by atoms with Gasteiger partial charge in [0.2, 0.25) is 0 Å². The summed E-state index contributed by atoms with van der Waals surface area (Å²) in [6.45, 7) is 5.18. The summed E-state index contributed by atoms with van der Waals surface area (Å²) in [5.41, 5.74) is 2.89. The molecular weight excluding hydrogens is 304 g/mol. The van der Waals surface area contributed by atoms with Crippen LogP contribution in [-0.2, 0) is 0 Å². The molecular formula is C18H20N4O2. The van der Waals surface area contributed by atoms with E-state index in [2.05, 4.69) is 33.2 Å². The molecule has 3 aromatic rings. The van der Waals surface area contributed by atoms with E-state index in [1.165, 1.54) is 5.56 Å². The van der Waals surface area contributed by atoms with Gasteiger partial charge in [-0.25, -0.2) is 0 Å². The van der Waals surface area contributed by atoms with Gasteiger partial charge in [-0.2, -0.15) is 4.98 Å². The minimum absolute atomic E-state index is 0.160. The molecule has 6 heteroatoms. The van der Waals surface area contributed by atoms with Crippen LogP contribution in [0.15, 0.2) is 47.1 Å². The summed E-state index contributed by atoms with van der Waals surface area (Å²) in [6, 6.07) is 10.7. The van der Waals surface area contributed by atoms with E-state index < -0.39 is 0 Å². The molecule has 6 nitrogen and oxygen atoms in total. The second-order valence-electron chi connectivity index (χ2n) is 6.02. The summed E-state index contributed by atoms with van der Waals surface area (Å²) in [4.78, 5) is 10.9. The number of aryl methyl sites for hydroxylation is 1. The Morgan fingerprint density at radius 3 is 3.21 bits per heavy atom. The van der Waals surface area contributed by atoms with Gasteiger partial charge in [0.15, 0.2) is 5.58 Å². The van der Waals surface area contributed by atoms with Crippen molar-refractivity contribution in [2.75, 3.05) is 31.1 Å². The predicted molar refractivity (Wildman–Crippen MR) is 92.5 cm³/mol. The summed E-state index contributed by atoms with van der Waals surface area (Å²) < 4.78 is 11.9. The van der Waals surface area contributed by atoms with Crippen molar-refractivity contribution in [3.05, 3.63) is 48.3 Å². The Balaban J connectivity index is 1.54. The molecule has 2 aromatic heterocycles. The van der Waals surface area contributed by atoms with Crippen LogP contribution in [0.2, 0.25) is 0 Å². The SMILES string of the molecule is Cc1ccc2nc(N3CCNC[C@H]3COc3cccnc3)oc2c1. The van der Waals surface area contributed by atoms with Gasteiger partial charge in [0.05, 0.1) is 12.2 Å². The number of piperazine rings is 1. The molecule has 0 spiro atoms. The molecule has 1 aromatic carbocycles. The number of pyridine rings is 1. The zero-order valence-electron chi connectivity index (χ0n) is 13.6. The molecule has 1 N–H and O–H groups in total. The summed E-state index contributed by atoms with van der Waals surface area (Å²) in [5, 5.41) is 3.41. The molecule has 0 aliphatic carbocycles. The Kier molecular flexibility index (Phi) is 4.04. The number of hydrogen-bond acceptors (Lipinski definition) is 6. The number of hydrogen-bond donors (Lipinski definition) is 1. The lowest BCUT2D eigenvalue weighted by Crippen LogP contribution is -2.54. The van der Waals surface area contributed by atoms with Crippen LogP contribution in [0.5, 0.6) is 5.75 Å². The predicted octanol–water partition coefficient (Wildman–Crippen LogP) is 2.39. The highest BCUT2D eigenvalue weighted by Crippen LogP contribution is 2.25. The Morgan fingerprint density at radius 1 is 1.38 bits per heavy atom. The van der Waals surface area contributed by atoms with E-state index >= 15 is 0 Å². The third-order valence-electron chi connectivity index (χ3n) is 4.21. The topological polar surface area (TPSA) is 63.4 Å². The highest BCUT2D eigenvalue weighted by Gasteiger charge is 2.27. The Bertz CT molecular complexity index is 818. The van der Waals surface area contributed by atoms with Crippen molar-refractivity contribution in [3.63, 3.8) is 0 Å². The highest BCUT2D eigenvalue weighted by atomic mass is 16.5. The zero-order chi connectivity index (χ0) is 16.4. The van der Waals surface area contributed by atoms with Crippen LogP contribution in [0.25, 0.3) is 11.1 Å². The van der Waals surface area contributed by atoms with E-state index in [1.807, 2.05) is 24.3 Å². The third kappa shape index (κ3) is 3.05. The van der Waals surface area contributed by atoms with Gasteiger partial charge in [0.1, 0.15) is 17.9 Å². The quantitative estimate of drug-likeness (QED) is 0.795. The van der Waals surface area contributed by atoms with Gasteiger partial charge in [-0.15, -0.1) is 0 Å². The van der Waals surface area contributed by atoms with Crippen LogP contribution in [0.3, 0.4) is 0 Å². The van der Waals surface area contributed by atoms with E-state index in [0.29, 0.717) is 12.6 Å². The number of ether oxygens (including phenoxy) is 1. The molecule has 0 unspecified atom stereocenters. The van der Waals surface area contributed by atoms with Crippen LogP contribution < -0.4 is 15.0 Å². The van der Waals surface area contributed by atoms with E-state index in [9.17, 15) is 0 Å². The second kappa shape index (κ2) is 6.49. The molecule has 1 aliphatic rings. The molecule has 24 heavy (non-hydrogen) atoms. The van der Waals surface area contributed by atoms with Gasteiger partial charge < -0.3 is 19.4 Å². The van der Waals surface area contributed by atoms with E-state index in [4.69, 9.17) is 9.15 Å². The normalized spacial score (nSPS) is 18.0. The molecule has 4 rings (SSSR count). The molecule has 1 aliphatic heterocycles. The lowest BCUT2D eigenvalue weighted by Gasteiger charge is -2.34. The Labute approximate surface area is 140 Å². The Hall–Kier alpha value is -2.60. The fourth-order valence-corrected chi connectivity index (χ4v) is 2.93. The van der Waals surface area contributed by atoms with Crippen molar-refractivity contribution >= 4 is 17.1 Å². The first-order chi connectivity index (χ1) is 11.8. The number of anilines is 1. The number of nitrogens with zero attached hydrogens (tertiary/aromatic N) is 3. The molecule has 1 atom stereocenters. The van der Waals surface area contributed by atoms with Gasteiger partial charge in [-0.3, -0.25) is 4.98 Å².